The number of aryl methyl sites for hydroxylation is 1. The molecule has 3 N–H and O–H groups in total. The standard InChI is InChI=1S/C9H12N2O4S/c1-5-8(9(14)15)16-6(11-5)2-3-10-4-7(12)13/h10H,2-4H2,1H3,(H,12,13)(H,14,15). The first-order chi connectivity index (χ1) is 7.50. The van der Waals surface area contributed by atoms with Crippen molar-refractivity contribution in [1.29, 1.82) is 0 Å². The van der Waals surface area contributed by atoms with Crippen LogP contribution in [0.5, 0.6) is 0 Å². The summed E-state index contributed by atoms with van der Waals surface area (Å²) in [6, 6.07) is 0. The van der Waals surface area contributed by atoms with Crippen molar-refractivity contribution in [3.8, 4) is 0 Å². The van der Waals surface area contributed by atoms with Gasteiger partial charge in [0.1, 0.15) is 4.88 Å². The SMILES string of the molecule is Cc1nc(CCNCC(=O)O)sc1C(=O)O. The zero-order chi connectivity index (χ0) is 12.1. The molecule has 1 heterocycles. The lowest BCUT2D eigenvalue weighted by atomic mass is 10.4. The third-order valence-electron chi connectivity index (χ3n) is 1.83. The predicted octanol–water partition coefficient (Wildman–Crippen LogP) is 0.366. The van der Waals surface area contributed by atoms with Crippen LogP contribution in [0.4, 0.5) is 0 Å². The number of nitrogens with zero attached hydrogens (tertiary/aromatic N) is 1. The molecule has 88 valence electrons. The Hall–Kier alpha value is -1.47. The highest BCUT2D eigenvalue weighted by atomic mass is 32.1. The molecule has 0 aliphatic carbocycles. The highest BCUT2D eigenvalue weighted by Crippen LogP contribution is 2.17. The zero-order valence-electron chi connectivity index (χ0n) is 8.69. The van der Waals surface area contributed by atoms with Gasteiger partial charge in [-0.05, 0) is 6.92 Å². The summed E-state index contributed by atoms with van der Waals surface area (Å²) in [6.45, 7) is 2.02. The van der Waals surface area contributed by atoms with Gasteiger partial charge in [0.2, 0.25) is 0 Å². The molecule has 1 rings (SSSR count). The molecule has 0 aliphatic heterocycles. The molecular formula is C9H12N2O4S. The fourth-order valence-corrected chi connectivity index (χ4v) is 2.05. The molecule has 0 bridgehead atoms. The second-order valence-electron chi connectivity index (χ2n) is 3.15. The van der Waals surface area contributed by atoms with E-state index in [4.69, 9.17) is 10.2 Å². The lowest BCUT2D eigenvalue weighted by molar-refractivity contribution is -0.135. The molecule has 0 unspecified atom stereocenters. The first-order valence-corrected chi connectivity index (χ1v) is 5.44. The maximum absolute atomic E-state index is 10.7. The smallest absolute Gasteiger partial charge is 0.347 e. The van der Waals surface area contributed by atoms with Gasteiger partial charge in [0.15, 0.2) is 0 Å². The van der Waals surface area contributed by atoms with Crippen LogP contribution in [0, 0.1) is 6.92 Å². The van der Waals surface area contributed by atoms with Crippen molar-refractivity contribution in [3.05, 3.63) is 15.6 Å². The van der Waals surface area contributed by atoms with Crippen LogP contribution in [0.2, 0.25) is 0 Å². The lowest BCUT2D eigenvalue weighted by Gasteiger charge is -1.97. The topological polar surface area (TPSA) is 99.5 Å². The van der Waals surface area contributed by atoms with Crippen LogP contribution in [0.25, 0.3) is 0 Å². The van der Waals surface area contributed by atoms with Crippen LogP contribution in [-0.4, -0.2) is 40.2 Å². The summed E-state index contributed by atoms with van der Waals surface area (Å²) in [5.74, 6) is -1.89. The van der Waals surface area contributed by atoms with E-state index in [1.54, 1.807) is 6.92 Å². The van der Waals surface area contributed by atoms with E-state index in [1.807, 2.05) is 0 Å². The summed E-state index contributed by atoms with van der Waals surface area (Å²) in [5, 5.41) is 20.6. The number of aromatic nitrogens is 1. The number of aromatic carboxylic acids is 1. The molecule has 0 fully saturated rings. The summed E-state index contributed by atoms with van der Waals surface area (Å²) < 4.78 is 0. The van der Waals surface area contributed by atoms with E-state index in [0.29, 0.717) is 23.7 Å². The van der Waals surface area contributed by atoms with Gasteiger partial charge in [-0.1, -0.05) is 0 Å². The Morgan fingerprint density at radius 3 is 2.62 bits per heavy atom. The average molecular weight is 244 g/mol. The van der Waals surface area contributed by atoms with E-state index in [1.165, 1.54) is 0 Å². The number of carboxylic acid groups (broad SMARTS) is 2. The van der Waals surface area contributed by atoms with Crippen molar-refractivity contribution >= 4 is 23.3 Å². The van der Waals surface area contributed by atoms with Crippen LogP contribution in [0.3, 0.4) is 0 Å². The van der Waals surface area contributed by atoms with Crippen molar-refractivity contribution in [2.75, 3.05) is 13.1 Å². The van der Waals surface area contributed by atoms with Gasteiger partial charge in [-0.2, -0.15) is 0 Å². The number of hydrogen-bond donors (Lipinski definition) is 3. The Morgan fingerprint density at radius 2 is 2.12 bits per heavy atom. The molecule has 0 aliphatic rings. The molecule has 6 nitrogen and oxygen atoms in total. The normalized spacial score (nSPS) is 10.3. The average Bonchev–Trinajstić information content (AvgIpc) is 2.54. The minimum Gasteiger partial charge on any atom is -0.480 e. The van der Waals surface area contributed by atoms with Gasteiger partial charge in [0, 0.05) is 13.0 Å². The van der Waals surface area contributed by atoms with Gasteiger partial charge < -0.3 is 15.5 Å². The largest absolute Gasteiger partial charge is 0.480 e. The van der Waals surface area contributed by atoms with Gasteiger partial charge in [0.25, 0.3) is 0 Å². The molecule has 7 heteroatoms. The quantitative estimate of drug-likeness (QED) is 0.625. The zero-order valence-corrected chi connectivity index (χ0v) is 9.50. The van der Waals surface area contributed by atoms with Crippen molar-refractivity contribution in [3.63, 3.8) is 0 Å². The highest BCUT2D eigenvalue weighted by molar-refractivity contribution is 7.13. The van der Waals surface area contributed by atoms with Crippen LogP contribution < -0.4 is 5.32 Å². The number of aliphatic carboxylic acids is 1. The molecule has 0 radical (unpaired) electrons. The number of thiazole rings is 1. The molecule has 0 saturated carbocycles. The Kier molecular flexibility index (Phi) is 4.39. The van der Waals surface area contributed by atoms with Gasteiger partial charge in [-0.3, -0.25) is 4.79 Å². The molecule has 0 saturated heterocycles. The second-order valence-corrected chi connectivity index (χ2v) is 4.23. The molecule has 0 amide bonds. The summed E-state index contributed by atoms with van der Waals surface area (Å²) in [5.41, 5.74) is 0.505. The molecule has 16 heavy (non-hydrogen) atoms. The number of rotatable bonds is 6. The molecule has 1 aromatic heterocycles. The number of carboxylic acids is 2. The van der Waals surface area contributed by atoms with E-state index < -0.39 is 11.9 Å². The van der Waals surface area contributed by atoms with Gasteiger partial charge in [-0.15, -0.1) is 11.3 Å². The third kappa shape index (κ3) is 3.59. The highest BCUT2D eigenvalue weighted by Gasteiger charge is 2.13. The van der Waals surface area contributed by atoms with Crippen molar-refractivity contribution < 1.29 is 19.8 Å². The van der Waals surface area contributed by atoms with Gasteiger partial charge in [-0.25, -0.2) is 9.78 Å². The Morgan fingerprint density at radius 1 is 1.44 bits per heavy atom. The summed E-state index contributed by atoms with van der Waals surface area (Å²) in [7, 11) is 0. The van der Waals surface area contributed by atoms with Crippen molar-refractivity contribution in [1.82, 2.24) is 10.3 Å². The van der Waals surface area contributed by atoms with Crippen LogP contribution in [0.1, 0.15) is 20.4 Å². The Balaban J connectivity index is 2.46. The number of nitrogens with one attached hydrogen (secondary N) is 1. The molecule has 1 aromatic rings. The maximum atomic E-state index is 10.7. The van der Waals surface area contributed by atoms with Crippen LogP contribution >= 0.6 is 11.3 Å². The van der Waals surface area contributed by atoms with Crippen LogP contribution in [0.15, 0.2) is 0 Å². The van der Waals surface area contributed by atoms with E-state index in [9.17, 15) is 9.59 Å². The Bertz CT molecular complexity index is 402. The monoisotopic (exact) mass is 244 g/mol. The fourth-order valence-electron chi connectivity index (χ4n) is 1.15. The molecule has 0 spiro atoms. The van der Waals surface area contributed by atoms with Crippen LogP contribution in [-0.2, 0) is 11.2 Å². The molecule has 0 atom stereocenters. The first-order valence-electron chi connectivity index (χ1n) is 4.63. The minimum atomic E-state index is -0.972. The van der Waals surface area contributed by atoms with Gasteiger partial charge in [0.05, 0.1) is 17.2 Å². The summed E-state index contributed by atoms with van der Waals surface area (Å²) in [6.07, 6.45) is 0.534. The summed E-state index contributed by atoms with van der Waals surface area (Å²) >= 11 is 1.13. The van der Waals surface area contributed by atoms with E-state index in [0.717, 1.165) is 11.3 Å². The predicted molar refractivity (Wildman–Crippen MR) is 58.0 cm³/mol. The number of carbonyl (C=O) groups is 2. The van der Waals surface area contributed by atoms with E-state index in [-0.39, 0.29) is 11.4 Å². The van der Waals surface area contributed by atoms with E-state index in [2.05, 4.69) is 10.3 Å². The van der Waals surface area contributed by atoms with Gasteiger partial charge >= 0.3 is 11.9 Å². The second kappa shape index (κ2) is 5.57. The summed E-state index contributed by atoms with van der Waals surface area (Å²) in [4.78, 5) is 25.3. The van der Waals surface area contributed by atoms with E-state index >= 15 is 0 Å². The third-order valence-corrected chi connectivity index (χ3v) is 3.03. The van der Waals surface area contributed by atoms with Crippen molar-refractivity contribution in [2.45, 2.75) is 13.3 Å². The Labute approximate surface area is 95.9 Å². The number of hydrogen-bond acceptors (Lipinski definition) is 5. The lowest BCUT2D eigenvalue weighted by Crippen LogP contribution is -2.24. The minimum absolute atomic E-state index is 0.101. The maximum Gasteiger partial charge on any atom is 0.347 e. The first kappa shape index (κ1) is 12.6. The molecular weight excluding hydrogens is 232 g/mol. The molecule has 0 aromatic carbocycles. The fraction of sp³-hybridized carbons (Fsp3) is 0.444. The van der Waals surface area contributed by atoms with Crippen molar-refractivity contribution in [2.24, 2.45) is 0 Å².